The van der Waals surface area contributed by atoms with Crippen LogP contribution in [0.4, 0.5) is 5.13 Å². The first kappa shape index (κ1) is 13.8. The summed E-state index contributed by atoms with van der Waals surface area (Å²) in [6.45, 7) is 2.98. The van der Waals surface area contributed by atoms with Crippen molar-refractivity contribution in [3.05, 3.63) is 29.3 Å². The van der Waals surface area contributed by atoms with E-state index in [0.717, 1.165) is 35.2 Å². The molecule has 2 unspecified atom stereocenters. The van der Waals surface area contributed by atoms with E-state index >= 15 is 0 Å². The van der Waals surface area contributed by atoms with Crippen LogP contribution in [0.3, 0.4) is 0 Å². The Bertz CT molecular complexity index is 583. The molecule has 1 fully saturated rings. The van der Waals surface area contributed by atoms with E-state index < -0.39 is 0 Å². The van der Waals surface area contributed by atoms with Gasteiger partial charge in [0.2, 0.25) is 5.13 Å². The molecule has 0 amide bonds. The number of hydrogen-bond acceptors (Lipinski definition) is 5. The van der Waals surface area contributed by atoms with E-state index in [1.807, 2.05) is 24.3 Å². The molecule has 4 nitrogen and oxygen atoms in total. The molecule has 2 aromatic rings. The molecule has 0 saturated carbocycles. The highest BCUT2D eigenvalue weighted by Gasteiger charge is 2.23. The van der Waals surface area contributed by atoms with Crippen LogP contribution in [0.1, 0.15) is 19.8 Å². The number of halogens is 1. The molecule has 1 aliphatic heterocycles. The summed E-state index contributed by atoms with van der Waals surface area (Å²) < 4.78 is 5.67. The topological polar surface area (TPSA) is 47.0 Å². The molecular formula is C14H16ClN3OS. The monoisotopic (exact) mass is 309 g/mol. The van der Waals surface area contributed by atoms with Gasteiger partial charge in [0.1, 0.15) is 0 Å². The second-order valence-corrected chi connectivity index (χ2v) is 6.26. The van der Waals surface area contributed by atoms with E-state index in [0.29, 0.717) is 5.02 Å². The molecule has 1 aliphatic rings. The molecule has 0 radical (unpaired) electrons. The minimum atomic E-state index is 0.240. The van der Waals surface area contributed by atoms with Crippen LogP contribution in [0.2, 0.25) is 5.02 Å². The van der Waals surface area contributed by atoms with Gasteiger partial charge in [-0.15, -0.1) is 10.2 Å². The average molecular weight is 310 g/mol. The van der Waals surface area contributed by atoms with E-state index in [1.165, 1.54) is 11.3 Å². The standard InChI is InChI=1S/C14H16ClN3OS/c1-9(12-7-4-8-19-12)16-14-18-17-13(20-14)10-5-2-3-6-11(10)15/h2-3,5-6,9,12H,4,7-8H2,1H3,(H,16,18). The highest BCUT2D eigenvalue weighted by molar-refractivity contribution is 7.18. The summed E-state index contributed by atoms with van der Waals surface area (Å²) in [5.41, 5.74) is 0.921. The Balaban J connectivity index is 1.72. The van der Waals surface area contributed by atoms with Gasteiger partial charge in [-0.25, -0.2) is 0 Å². The summed E-state index contributed by atoms with van der Waals surface area (Å²) in [7, 11) is 0. The van der Waals surface area contributed by atoms with Crippen LogP contribution in [0.15, 0.2) is 24.3 Å². The van der Waals surface area contributed by atoms with Gasteiger partial charge in [0.25, 0.3) is 0 Å². The van der Waals surface area contributed by atoms with E-state index in [1.54, 1.807) is 0 Å². The molecule has 0 spiro atoms. The lowest BCUT2D eigenvalue weighted by Gasteiger charge is -2.18. The van der Waals surface area contributed by atoms with Crippen molar-refractivity contribution in [2.45, 2.75) is 31.9 Å². The third kappa shape index (κ3) is 2.95. The molecule has 0 aliphatic carbocycles. The van der Waals surface area contributed by atoms with E-state index in [-0.39, 0.29) is 12.1 Å². The Morgan fingerprint density at radius 3 is 3.00 bits per heavy atom. The van der Waals surface area contributed by atoms with Gasteiger partial charge in [-0.3, -0.25) is 0 Å². The fourth-order valence-electron chi connectivity index (χ4n) is 2.31. The smallest absolute Gasteiger partial charge is 0.206 e. The van der Waals surface area contributed by atoms with Crippen LogP contribution in [0.25, 0.3) is 10.6 Å². The number of nitrogens with one attached hydrogen (secondary N) is 1. The van der Waals surface area contributed by atoms with Gasteiger partial charge in [-0.2, -0.15) is 0 Å². The summed E-state index contributed by atoms with van der Waals surface area (Å²) in [5.74, 6) is 0. The van der Waals surface area contributed by atoms with Gasteiger partial charge in [0, 0.05) is 12.2 Å². The van der Waals surface area contributed by atoms with Crippen molar-refractivity contribution < 1.29 is 4.74 Å². The molecule has 2 atom stereocenters. The second-order valence-electron chi connectivity index (χ2n) is 4.88. The highest BCUT2D eigenvalue weighted by Crippen LogP contribution is 2.32. The largest absolute Gasteiger partial charge is 0.376 e. The van der Waals surface area contributed by atoms with E-state index in [9.17, 15) is 0 Å². The maximum absolute atomic E-state index is 6.18. The minimum absolute atomic E-state index is 0.240. The van der Waals surface area contributed by atoms with Crippen molar-refractivity contribution in [3.8, 4) is 10.6 Å². The summed E-state index contributed by atoms with van der Waals surface area (Å²) >= 11 is 7.69. The molecule has 3 rings (SSSR count). The zero-order valence-corrected chi connectivity index (χ0v) is 12.7. The zero-order valence-electron chi connectivity index (χ0n) is 11.2. The van der Waals surface area contributed by atoms with E-state index in [4.69, 9.17) is 16.3 Å². The third-order valence-electron chi connectivity index (χ3n) is 3.40. The highest BCUT2D eigenvalue weighted by atomic mass is 35.5. The van der Waals surface area contributed by atoms with Crippen LogP contribution >= 0.6 is 22.9 Å². The lowest BCUT2D eigenvalue weighted by Crippen LogP contribution is -2.29. The molecule has 1 saturated heterocycles. The molecule has 20 heavy (non-hydrogen) atoms. The average Bonchev–Trinajstić information content (AvgIpc) is 3.10. The number of nitrogens with zero attached hydrogens (tertiary/aromatic N) is 2. The number of anilines is 1. The molecule has 0 bridgehead atoms. The van der Waals surface area contributed by atoms with Crippen LogP contribution in [0, 0.1) is 0 Å². The van der Waals surface area contributed by atoms with Crippen molar-refractivity contribution >= 4 is 28.1 Å². The number of benzene rings is 1. The van der Waals surface area contributed by atoms with Crippen molar-refractivity contribution in [2.75, 3.05) is 11.9 Å². The minimum Gasteiger partial charge on any atom is -0.376 e. The maximum atomic E-state index is 6.18. The Labute approximate surface area is 127 Å². The van der Waals surface area contributed by atoms with Crippen molar-refractivity contribution in [1.82, 2.24) is 10.2 Å². The Hall–Kier alpha value is -1.17. The third-order valence-corrected chi connectivity index (χ3v) is 4.62. The van der Waals surface area contributed by atoms with Gasteiger partial charge in [0.15, 0.2) is 5.01 Å². The summed E-state index contributed by atoms with van der Waals surface area (Å²) in [6, 6.07) is 7.91. The van der Waals surface area contributed by atoms with Gasteiger partial charge in [0.05, 0.1) is 17.2 Å². The number of rotatable bonds is 4. The lowest BCUT2D eigenvalue weighted by atomic mass is 10.1. The number of hydrogen-bond donors (Lipinski definition) is 1. The van der Waals surface area contributed by atoms with Gasteiger partial charge >= 0.3 is 0 Å². The predicted molar refractivity (Wildman–Crippen MR) is 82.4 cm³/mol. The molecule has 1 aromatic heterocycles. The van der Waals surface area contributed by atoms with Crippen molar-refractivity contribution in [2.24, 2.45) is 0 Å². The Morgan fingerprint density at radius 2 is 2.25 bits per heavy atom. The van der Waals surface area contributed by atoms with Gasteiger partial charge in [-0.1, -0.05) is 41.1 Å². The van der Waals surface area contributed by atoms with Gasteiger partial charge < -0.3 is 10.1 Å². The summed E-state index contributed by atoms with van der Waals surface area (Å²) in [6.07, 6.45) is 2.50. The maximum Gasteiger partial charge on any atom is 0.206 e. The Kier molecular flexibility index (Phi) is 4.19. The lowest BCUT2D eigenvalue weighted by molar-refractivity contribution is 0.0996. The molecule has 6 heteroatoms. The fourth-order valence-corrected chi connectivity index (χ4v) is 3.47. The molecular weight excluding hydrogens is 294 g/mol. The predicted octanol–water partition coefficient (Wildman–Crippen LogP) is 3.84. The van der Waals surface area contributed by atoms with Crippen LogP contribution in [-0.4, -0.2) is 29.0 Å². The molecule has 2 heterocycles. The molecule has 1 N–H and O–H groups in total. The first-order chi connectivity index (χ1) is 9.74. The Morgan fingerprint density at radius 1 is 1.40 bits per heavy atom. The quantitative estimate of drug-likeness (QED) is 0.932. The fraction of sp³-hybridized carbons (Fsp3) is 0.429. The summed E-state index contributed by atoms with van der Waals surface area (Å²) in [5, 5.41) is 14.1. The summed E-state index contributed by atoms with van der Waals surface area (Å²) in [4.78, 5) is 0. The van der Waals surface area contributed by atoms with Crippen LogP contribution in [0.5, 0.6) is 0 Å². The van der Waals surface area contributed by atoms with Gasteiger partial charge in [-0.05, 0) is 25.8 Å². The SMILES string of the molecule is CC(Nc1nnc(-c2ccccc2Cl)s1)C1CCCO1. The van der Waals surface area contributed by atoms with E-state index in [2.05, 4.69) is 22.4 Å². The van der Waals surface area contributed by atoms with Crippen LogP contribution < -0.4 is 5.32 Å². The number of ether oxygens (including phenoxy) is 1. The van der Waals surface area contributed by atoms with Crippen molar-refractivity contribution in [1.29, 1.82) is 0 Å². The second kappa shape index (κ2) is 6.08. The molecule has 106 valence electrons. The molecule has 1 aromatic carbocycles. The zero-order chi connectivity index (χ0) is 13.9. The number of aromatic nitrogens is 2. The first-order valence-electron chi connectivity index (χ1n) is 6.70. The van der Waals surface area contributed by atoms with Crippen LogP contribution in [-0.2, 0) is 4.74 Å². The van der Waals surface area contributed by atoms with Crippen molar-refractivity contribution in [3.63, 3.8) is 0 Å². The first-order valence-corrected chi connectivity index (χ1v) is 7.90. The normalized spacial score (nSPS) is 20.0.